The molecule has 10 heavy (non-hydrogen) atoms. The highest BCUT2D eigenvalue weighted by Crippen LogP contribution is 2.12. The molecular formula is C6H10N2O2. The normalized spacial score (nSPS) is 18.8. The Morgan fingerprint density at radius 1 is 0.800 bits per heavy atom. The van der Waals surface area contributed by atoms with E-state index in [-0.39, 0.29) is 0 Å². The second-order valence-corrected chi connectivity index (χ2v) is 2.33. The predicted octanol–water partition coefficient (Wildman–Crippen LogP) is 1.22. The molecule has 4 heteroatoms. The van der Waals surface area contributed by atoms with E-state index in [0.717, 1.165) is 37.1 Å². The summed E-state index contributed by atoms with van der Waals surface area (Å²) >= 11 is 0. The first-order valence-electron chi connectivity index (χ1n) is 3.26. The first-order valence-corrected chi connectivity index (χ1v) is 3.26. The quantitative estimate of drug-likeness (QED) is 0.394. The van der Waals surface area contributed by atoms with Crippen molar-refractivity contribution in [1.82, 2.24) is 0 Å². The van der Waals surface area contributed by atoms with Crippen LogP contribution in [0.1, 0.15) is 25.7 Å². The maximum Gasteiger partial charge on any atom is 0.0578 e. The number of nitrogens with zero attached hydrogens (tertiary/aromatic N) is 2. The van der Waals surface area contributed by atoms with Gasteiger partial charge in [0.05, 0.1) is 11.4 Å². The summed E-state index contributed by atoms with van der Waals surface area (Å²) in [5, 5.41) is 22.9. The van der Waals surface area contributed by atoms with E-state index in [1.807, 2.05) is 0 Å². The van der Waals surface area contributed by atoms with Gasteiger partial charge in [0.1, 0.15) is 0 Å². The van der Waals surface area contributed by atoms with Crippen molar-refractivity contribution in [2.75, 3.05) is 0 Å². The molecule has 0 unspecified atom stereocenters. The molecular weight excluding hydrogens is 132 g/mol. The molecule has 0 aliphatic heterocycles. The van der Waals surface area contributed by atoms with Crippen LogP contribution in [0.15, 0.2) is 10.3 Å². The van der Waals surface area contributed by atoms with Gasteiger partial charge in [0.15, 0.2) is 0 Å². The molecule has 0 aromatic carbocycles. The van der Waals surface area contributed by atoms with Gasteiger partial charge >= 0.3 is 0 Å². The molecule has 0 radical (unpaired) electrons. The molecule has 1 rings (SSSR count). The van der Waals surface area contributed by atoms with Crippen LogP contribution in [0, 0.1) is 0 Å². The van der Waals surface area contributed by atoms with Crippen molar-refractivity contribution in [2.45, 2.75) is 25.7 Å². The molecule has 1 aliphatic carbocycles. The van der Waals surface area contributed by atoms with Gasteiger partial charge in [0.2, 0.25) is 0 Å². The Kier molecular flexibility index (Phi) is 2.25. The third kappa shape index (κ3) is 1.46. The van der Waals surface area contributed by atoms with E-state index >= 15 is 0 Å². The van der Waals surface area contributed by atoms with Crippen LogP contribution in [-0.4, -0.2) is 21.8 Å². The van der Waals surface area contributed by atoms with Crippen molar-refractivity contribution in [2.24, 2.45) is 10.3 Å². The summed E-state index contributed by atoms with van der Waals surface area (Å²) < 4.78 is 0. The van der Waals surface area contributed by atoms with Crippen molar-refractivity contribution < 1.29 is 10.4 Å². The average molecular weight is 142 g/mol. The van der Waals surface area contributed by atoms with Crippen molar-refractivity contribution in [3.63, 3.8) is 0 Å². The SMILES string of the molecule is ON=C1CCC(=NO)CC1. The van der Waals surface area contributed by atoms with E-state index in [0.29, 0.717) is 0 Å². The van der Waals surface area contributed by atoms with Crippen molar-refractivity contribution in [1.29, 1.82) is 0 Å². The summed E-state index contributed by atoms with van der Waals surface area (Å²) in [5.41, 5.74) is 1.60. The third-order valence-corrected chi connectivity index (χ3v) is 1.69. The smallest absolute Gasteiger partial charge is 0.0578 e. The highest BCUT2D eigenvalue weighted by Gasteiger charge is 2.12. The maximum atomic E-state index is 8.34. The van der Waals surface area contributed by atoms with Crippen LogP contribution in [0.3, 0.4) is 0 Å². The molecule has 0 saturated heterocycles. The van der Waals surface area contributed by atoms with Crippen molar-refractivity contribution in [3.8, 4) is 0 Å². The van der Waals surface area contributed by atoms with E-state index in [2.05, 4.69) is 10.3 Å². The van der Waals surface area contributed by atoms with Gasteiger partial charge in [-0.2, -0.15) is 0 Å². The summed E-state index contributed by atoms with van der Waals surface area (Å²) in [6, 6.07) is 0. The van der Waals surface area contributed by atoms with E-state index in [4.69, 9.17) is 10.4 Å². The molecule has 0 heterocycles. The first-order chi connectivity index (χ1) is 4.86. The second-order valence-electron chi connectivity index (χ2n) is 2.33. The lowest BCUT2D eigenvalue weighted by Gasteiger charge is -2.11. The van der Waals surface area contributed by atoms with Gasteiger partial charge in [-0.05, 0) is 25.7 Å². The van der Waals surface area contributed by atoms with Crippen LogP contribution in [-0.2, 0) is 0 Å². The van der Waals surface area contributed by atoms with Gasteiger partial charge in [-0.3, -0.25) is 0 Å². The predicted molar refractivity (Wildman–Crippen MR) is 36.9 cm³/mol. The fourth-order valence-corrected chi connectivity index (χ4v) is 1.03. The standard InChI is InChI=1S/C6H10N2O2/c9-7-5-1-2-6(8-10)4-3-5/h9-10H,1-4H2. The van der Waals surface area contributed by atoms with Crippen molar-refractivity contribution >= 4 is 11.4 Å². The zero-order valence-corrected chi connectivity index (χ0v) is 5.62. The van der Waals surface area contributed by atoms with Gasteiger partial charge in [-0.15, -0.1) is 0 Å². The Bertz CT molecular complexity index is 143. The Hall–Kier alpha value is -1.06. The van der Waals surface area contributed by atoms with Gasteiger partial charge in [-0.1, -0.05) is 10.3 Å². The fourth-order valence-electron chi connectivity index (χ4n) is 1.03. The zero-order valence-electron chi connectivity index (χ0n) is 5.62. The number of rotatable bonds is 0. The molecule has 0 bridgehead atoms. The van der Waals surface area contributed by atoms with E-state index in [9.17, 15) is 0 Å². The molecule has 0 atom stereocenters. The summed E-state index contributed by atoms with van der Waals surface area (Å²) in [7, 11) is 0. The fraction of sp³-hybridized carbons (Fsp3) is 0.667. The Balaban J connectivity index is 2.46. The van der Waals surface area contributed by atoms with Gasteiger partial charge in [0, 0.05) is 0 Å². The largest absolute Gasteiger partial charge is 0.411 e. The van der Waals surface area contributed by atoms with Gasteiger partial charge < -0.3 is 10.4 Å². The molecule has 56 valence electrons. The Morgan fingerprint density at radius 3 is 1.30 bits per heavy atom. The molecule has 0 amide bonds. The van der Waals surface area contributed by atoms with Crippen LogP contribution < -0.4 is 0 Å². The molecule has 0 spiro atoms. The minimum Gasteiger partial charge on any atom is -0.411 e. The maximum absolute atomic E-state index is 8.34. The van der Waals surface area contributed by atoms with E-state index in [1.165, 1.54) is 0 Å². The Labute approximate surface area is 58.8 Å². The topological polar surface area (TPSA) is 65.2 Å². The van der Waals surface area contributed by atoms with Crippen LogP contribution in [0.4, 0.5) is 0 Å². The summed E-state index contributed by atoms with van der Waals surface area (Å²) in [5.74, 6) is 0. The minimum atomic E-state index is 0.718. The zero-order chi connectivity index (χ0) is 7.40. The lowest BCUT2D eigenvalue weighted by Crippen LogP contribution is -2.13. The highest BCUT2D eigenvalue weighted by molar-refractivity contribution is 5.97. The molecule has 1 saturated carbocycles. The summed E-state index contributed by atoms with van der Waals surface area (Å²) in [4.78, 5) is 0. The minimum absolute atomic E-state index is 0.718. The number of oxime groups is 2. The average Bonchev–Trinajstić information content (AvgIpc) is 2.05. The molecule has 1 aliphatic rings. The van der Waals surface area contributed by atoms with Crippen LogP contribution >= 0.6 is 0 Å². The first kappa shape index (κ1) is 7.05. The van der Waals surface area contributed by atoms with E-state index in [1.54, 1.807) is 0 Å². The monoisotopic (exact) mass is 142 g/mol. The van der Waals surface area contributed by atoms with Crippen molar-refractivity contribution in [3.05, 3.63) is 0 Å². The molecule has 0 aromatic heterocycles. The van der Waals surface area contributed by atoms with Crippen LogP contribution in [0.5, 0.6) is 0 Å². The highest BCUT2D eigenvalue weighted by atomic mass is 16.4. The van der Waals surface area contributed by atoms with Crippen LogP contribution in [0.2, 0.25) is 0 Å². The lowest BCUT2D eigenvalue weighted by molar-refractivity contribution is 0.311. The molecule has 4 nitrogen and oxygen atoms in total. The third-order valence-electron chi connectivity index (χ3n) is 1.69. The second kappa shape index (κ2) is 3.20. The van der Waals surface area contributed by atoms with Gasteiger partial charge in [0.25, 0.3) is 0 Å². The Morgan fingerprint density at radius 2 is 1.10 bits per heavy atom. The summed E-state index contributed by atoms with van der Waals surface area (Å²) in [6.07, 6.45) is 2.87. The number of hydrogen-bond acceptors (Lipinski definition) is 4. The molecule has 2 N–H and O–H groups in total. The summed E-state index contributed by atoms with van der Waals surface area (Å²) in [6.45, 7) is 0. The van der Waals surface area contributed by atoms with Gasteiger partial charge in [-0.25, -0.2) is 0 Å². The number of hydrogen-bond donors (Lipinski definition) is 2. The molecule has 0 aromatic rings. The lowest BCUT2D eigenvalue weighted by atomic mass is 9.97. The van der Waals surface area contributed by atoms with Crippen LogP contribution in [0.25, 0.3) is 0 Å². The van der Waals surface area contributed by atoms with E-state index < -0.39 is 0 Å². The molecule has 1 fully saturated rings.